The summed E-state index contributed by atoms with van der Waals surface area (Å²) in [6.07, 6.45) is 15.3. The predicted molar refractivity (Wildman–Crippen MR) is 149 cm³/mol. The Balaban J connectivity index is 1.46. The van der Waals surface area contributed by atoms with E-state index in [0.29, 0.717) is 23.7 Å². The molecule has 1 N–H and O–H groups in total. The topological polar surface area (TPSA) is 37.3 Å². The number of hydrogen-bond acceptors (Lipinski definition) is 2. The van der Waals surface area contributed by atoms with Crippen LogP contribution in [-0.4, -0.2) is 17.0 Å². The van der Waals surface area contributed by atoms with Crippen molar-refractivity contribution in [1.82, 2.24) is 0 Å². The van der Waals surface area contributed by atoms with Crippen molar-refractivity contribution in [3.8, 4) is 0 Å². The van der Waals surface area contributed by atoms with E-state index < -0.39 is 6.10 Å². The molecule has 0 amide bonds. The fourth-order valence-corrected chi connectivity index (χ4v) is 7.48. The molecule has 2 heteroatoms. The van der Waals surface area contributed by atoms with Crippen molar-refractivity contribution in [2.75, 3.05) is 0 Å². The van der Waals surface area contributed by atoms with Crippen LogP contribution in [0.25, 0.3) is 0 Å². The van der Waals surface area contributed by atoms with Gasteiger partial charge >= 0.3 is 0 Å². The third-order valence-corrected chi connectivity index (χ3v) is 9.72. The first-order chi connectivity index (χ1) is 17.0. The van der Waals surface area contributed by atoms with Crippen molar-refractivity contribution < 1.29 is 9.90 Å². The van der Waals surface area contributed by atoms with Crippen LogP contribution in [0.4, 0.5) is 0 Å². The third-order valence-electron chi connectivity index (χ3n) is 9.72. The first-order valence-electron chi connectivity index (χ1n) is 14.2. The number of carbonyl (C=O) groups excluding carboxylic acids is 1. The highest BCUT2D eigenvalue weighted by Crippen LogP contribution is 2.54. The Bertz CT molecular complexity index is 1190. The Morgan fingerprint density at radius 1 is 1.00 bits per heavy atom. The van der Waals surface area contributed by atoms with Gasteiger partial charge < -0.3 is 5.11 Å². The predicted octanol–water partition coefficient (Wildman–Crippen LogP) is 7.71. The van der Waals surface area contributed by atoms with Crippen LogP contribution < -0.4 is 0 Å². The van der Waals surface area contributed by atoms with Crippen LogP contribution in [0.15, 0.2) is 81.0 Å². The molecular formula is C34H44O2. The summed E-state index contributed by atoms with van der Waals surface area (Å²) in [5.41, 5.74) is 10.6. The minimum absolute atomic E-state index is 0.00481. The summed E-state index contributed by atoms with van der Waals surface area (Å²) < 4.78 is 0. The first-order valence-corrected chi connectivity index (χ1v) is 14.2. The summed E-state index contributed by atoms with van der Waals surface area (Å²) in [6, 6.07) is 0. The zero-order valence-electron chi connectivity index (χ0n) is 23.4. The summed E-state index contributed by atoms with van der Waals surface area (Å²) in [6.45, 7) is 18.0. The van der Waals surface area contributed by atoms with Crippen molar-refractivity contribution >= 4 is 5.78 Å². The summed E-state index contributed by atoms with van der Waals surface area (Å²) in [5.74, 6) is 1.58. The number of aliphatic hydroxyl groups excluding tert-OH is 1. The SMILES string of the molecule is CC1=CC(C2C(=O)C(C3=C4C(C)CC=C(C(C)C)CC4C(C)=C3)C2O)C2=C1C=C(C(C)C)C=CC2C. The van der Waals surface area contributed by atoms with Gasteiger partial charge in [-0.2, -0.15) is 0 Å². The molecule has 7 unspecified atom stereocenters. The lowest BCUT2D eigenvalue weighted by atomic mass is 9.59. The maximum atomic E-state index is 13.9. The van der Waals surface area contributed by atoms with Gasteiger partial charge in [0.25, 0.3) is 0 Å². The molecule has 0 spiro atoms. The van der Waals surface area contributed by atoms with Crippen molar-refractivity contribution in [1.29, 1.82) is 0 Å². The van der Waals surface area contributed by atoms with Gasteiger partial charge in [-0.1, -0.05) is 94.7 Å². The van der Waals surface area contributed by atoms with Gasteiger partial charge in [-0.05, 0) is 78.2 Å². The summed E-state index contributed by atoms with van der Waals surface area (Å²) in [7, 11) is 0. The molecule has 5 aliphatic carbocycles. The molecule has 36 heavy (non-hydrogen) atoms. The second kappa shape index (κ2) is 9.28. The molecule has 0 saturated heterocycles. The molecule has 0 aliphatic heterocycles. The maximum Gasteiger partial charge on any atom is 0.149 e. The molecule has 192 valence electrons. The van der Waals surface area contributed by atoms with E-state index in [-0.39, 0.29) is 29.5 Å². The highest BCUT2D eigenvalue weighted by Gasteiger charge is 2.56. The molecule has 5 rings (SSSR count). The van der Waals surface area contributed by atoms with Gasteiger partial charge in [0.15, 0.2) is 0 Å². The fraction of sp³-hybridized carbons (Fsp3) is 0.559. The van der Waals surface area contributed by atoms with Crippen LogP contribution in [-0.2, 0) is 4.79 Å². The van der Waals surface area contributed by atoms with Crippen LogP contribution in [0.1, 0.15) is 68.2 Å². The molecule has 0 aromatic carbocycles. The lowest BCUT2D eigenvalue weighted by Crippen LogP contribution is -2.56. The largest absolute Gasteiger partial charge is 0.391 e. The highest BCUT2D eigenvalue weighted by molar-refractivity contribution is 5.95. The molecule has 0 heterocycles. The summed E-state index contributed by atoms with van der Waals surface area (Å²) in [4.78, 5) is 13.9. The van der Waals surface area contributed by atoms with E-state index in [4.69, 9.17) is 0 Å². The summed E-state index contributed by atoms with van der Waals surface area (Å²) >= 11 is 0. The van der Waals surface area contributed by atoms with Gasteiger partial charge in [0.1, 0.15) is 5.78 Å². The van der Waals surface area contributed by atoms with E-state index in [1.165, 1.54) is 39.0 Å². The number of Topliss-reactive ketones (excluding diaryl/α,β-unsaturated/α-hetero) is 1. The van der Waals surface area contributed by atoms with Gasteiger partial charge in [0.05, 0.1) is 17.9 Å². The van der Waals surface area contributed by atoms with Crippen molar-refractivity contribution in [3.63, 3.8) is 0 Å². The van der Waals surface area contributed by atoms with Gasteiger partial charge in [-0.25, -0.2) is 0 Å². The number of hydrogen-bond donors (Lipinski definition) is 1. The minimum atomic E-state index is -0.621. The molecule has 2 nitrogen and oxygen atoms in total. The van der Waals surface area contributed by atoms with E-state index in [1.54, 1.807) is 0 Å². The average molecular weight is 485 g/mol. The van der Waals surface area contributed by atoms with Crippen molar-refractivity contribution in [2.45, 2.75) is 74.3 Å². The lowest BCUT2D eigenvalue weighted by molar-refractivity contribution is -0.150. The van der Waals surface area contributed by atoms with Gasteiger partial charge in [-0.3, -0.25) is 4.79 Å². The molecule has 0 bridgehead atoms. The normalized spacial score (nSPS) is 36.3. The van der Waals surface area contributed by atoms with Gasteiger partial charge in [0, 0.05) is 11.8 Å². The number of ketones is 1. The second-order valence-electron chi connectivity index (χ2n) is 12.7. The number of aliphatic hydroxyl groups is 1. The van der Waals surface area contributed by atoms with E-state index in [0.717, 1.165) is 18.4 Å². The van der Waals surface area contributed by atoms with E-state index in [9.17, 15) is 9.90 Å². The van der Waals surface area contributed by atoms with Crippen molar-refractivity contribution in [3.05, 3.63) is 81.0 Å². The van der Waals surface area contributed by atoms with Crippen LogP contribution >= 0.6 is 0 Å². The second-order valence-corrected chi connectivity index (χ2v) is 12.7. The van der Waals surface area contributed by atoms with Crippen molar-refractivity contribution in [2.24, 2.45) is 47.3 Å². The molecular weight excluding hydrogens is 440 g/mol. The number of rotatable bonds is 4. The number of fused-ring (bicyclic) bond motifs is 1. The van der Waals surface area contributed by atoms with Crippen LogP contribution in [0.5, 0.6) is 0 Å². The molecule has 0 radical (unpaired) electrons. The smallest absolute Gasteiger partial charge is 0.149 e. The van der Waals surface area contributed by atoms with Crippen LogP contribution in [0.3, 0.4) is 0 Å². The van der Waals surface area contributed by atoms with E-state index in [2.05, 4.69) is 91.8 Å². The fourth-order valence-electron chi connectivity index (χ4n) is 7.48. The Morgan fingerprint density at radius 3 is 2.36 bits per heavy atom. The Morgan fingerprint density at radius 2 is 1.72 bits per heavy atom. The molecule has 1 fully saturated rings. The maximum absolute atomic E-state index is 13.9. The number of carbonyl (C=O) groups is 1. The summed E-state index contributed by atoms with van der Waals surface area (Å²) in [5, 5.41) is 11.6. The van der Waals surface area contributed by atoms with Crippen LogP contribution in [0.2, 0.25) is 0 Å². The zero-order valence-corrected chi connectivity index (χ0v) is 23.4. The van der Waals surface area contributed by atoms with Gasteiger partial charge in [-0.15, -0.1) is 0 Å². The molecule has 1 saturated carbocycles. The molecule has 5 aliphatic rings. The average Bonchev–Trinajstić information content (AvgIpc) is 3.11. The highest BCUT2D eigenvalue weighted by atomic mass is 16.3. The van der Waals surface area contributed by atoms with Crippen LogP contribution in [0, 0.1) is 47.3 Å². The Labute approximate surface area is 218 Å². The van der Waals surface area contributed by atoms with Gasteiger partial charge in [0.2, 0.25) is 0 Å². The third kappa shape index (κ3) is 3.92. The zero-order chi connectivity index (χ0) is 26.0. The van der Waals surface area contributed by atoms with E-state index >= 15 is 0 Å². The monoisotopic (exact) mass is 484 g/mol. The minimum Gasteiger partial charge on any atom is -0.391 e. The van der Waals surface area contributed by atoms with E-state index in [1.807, 2.05) is 0 Å². The lowest BCUT2D eigenvalue weighted by Gasteiger charge is -2.45. The molecule has 0 aromatic rings. The molecule has 0 aromatic heterocycles. The quantitative estimate of drug-likeness (QED) is 0.415. The standard InChI is InChI=1S/C34H44O2/c1-17(2)23-11-9-19(5)29-25(15-23)21(7)13-27(29)31-33(35)32(34(31)36)28-14-22(8)26-16-24(18(3)4)12-10-20(6)30(26)28/h9,11-15,17-20,26-27,31-33,35H,10,16H2,1-8H3. The Hall–Kier alpha value is -2.19. The first kappa shape index (κ1) is 25.5. The Kier molecular flexibility index (Phi) is 6.56. The number of allylic oxidation sites excluding steroid dienone is 13. The molecule has 7 atom stereocenters.